The summed E-state index contributed by atoms with van der Waals surface area (Å²) in [6.07, 6.45) is 5.01. The van der Waals surface area contributed by atoms with Crippen molar-refractivity contribution in [2.24, 2.45) is 7.05 Å². The Morgan fingerprint density at radius 2 is 2.16 bits per heavy atom. The summed E-state index contributed by atoms with van der Waals surface area (Å²) in [7, 11) is 1.71. The number of rotatable bonds is 3. The molecule has 19 heavy (non-hydrogen) atoms. The summed E-state index contributed by atoms with van der Waals surface area (Å²) in [5.74, 6) is 0.433. The standard InChI is InChI=1S/C12H12N6O/c1-18-10-9(7-15-18)16-12(17-11(10)19)14-6-8-2-4-13-5-3-8/h2-5,7H,6H2,1H3,(H2,14,16,17,19). The molecule has 3 aromatic rings. The number of aromatic nitrogens is 5. The maximum Gasteiger partial charge on any atom is 0.278 e. The van der Waals surface area contributed by atoms with Crippen molar-refractivity contribution in [3.63, 3.8) is 0 Å². The van der Waals surface area contributed by atoms with Crippen LogP contribution in [0.3, 0.4) is 0 Å². The van der Waals surface area contributed by atoms with Gasteiger partial charge in [-0.1, -0.05) is 0 Å². The van der Waals surface area contributed by atoms with Crippen molar-refractivity contribution in [2.75, 3.05) is 5.32 Å². The van der Waals surface area contributed by atoms with E-state index in [1.807, 2.05) is 12.1 Å². The Bertz CT molecular complexity index is 761. The molecule has 0 atom stereocenters. The molecule has 0 aliphatic rings. The summed E-state index contributed by atoms with van der Waals surface area (Å²) in [5, 5.41) is 7.09. The highest BCUT2D eigenvalue weighted by molar-refractivity contribution is 5.73. The van der Waals surface area contributed by atoms with E-state index in [1.165, 1.54) is 4.68 Å². The van der Waals surface area contributed by atoms with Gasteiger partial charge in [0.05, 0.1) is 6.20 Å². The molecule has 0 fully saturated rings. The zero-order chi connectivity index (χ0) is 13.2. The molecule has 0 saturated heterocycles. The highest BCUT2D eigenvalue weighted by atomic mass is 16.1. The molecule has 2 N–H and O–H groups in total. The van der Waals surface area contributed by atoms with Gasteiger partial charge in [-0.25, -0.2) is 4.98 Å². The summed E-state index contributed by atoms with van der Waals surface area (Å²) in [6, 6.07) is 3.79. The van der Waals surface area contributed by atoms with Crippen LogP contribution in [-0.4, -0.2) is 24.7 Å². The predicted octanol–water partition coefficient (Wildman–Crippen LogP) is 0.664. The fraction of sp³-hybridized carbons (Fsp3) is 0.167. The van der Waals surface area contributed by atoms with E-state index < -0.39 is 0 Å². The van der Waals surface area contributed by atoms with Crippen LogP contribution in [0, 0.1) is 0 Å². The predicted molar refractivity (Wildman–Crippen MR) is 70.7 cm³/mol. The third-order valence-corrected chi connectivity index (χ3v) is 2.81. The Morgan fingerprint density at radius 3 is 2.95 bits per heavy atom. The first-order chi connectivity index (χ1) is 9.24. The molecular formula is C12H12N6O. The first-order valence-electron chi connectivity index (χ1n) is 5.79. The molecule has 3 heterocycles. The van der Waals surface area contributed by atoms with Crippen molar-refractivity contribution in [3.8, 4) is 0 Å². The van der Waals surface area contributed by atoms with E-state index in [2.05, 4.69) is 25.4 Å². The van der Waals surface area contributed by atoms with Crippen LogP contribution in [0.15, 0.2) is 35.5 Å². The van der Waals surface area contributed by atoms with Crippen LogP contribution in [0.25, 0.3) is 11.0 Å². The lowest BCUT2D eigenvalue weighted by molar-refractivity contribution is 0.792. The van der Waals surface area contributed by atoms with Gasteiger partial charge >= 0.3 is 0 Å². The van der Waals surface area contributed by atoms with E-state index >= 15 is 0 Å². The lowest BCUT2D eigenvalue weighted by atomic mass is 10.3. The Kier molecular flexibility index (Phi) is 2.71. The zero-order valence-electron chi connectivity index (χ0n) is 10.3. The first-order valence-corrected chi connectivity index (χ1v) is 5.79. The highest BCUT2D eigenvalue weighted by Gasteiger charge is 2.07. The van der Waals surface area contributed by atoms with Gasteiger partial charge in [-0.2, -0.15) is 5.10 Å². The molecule has 96 valence electrons. The van der Waals surface area contributed by atoms with E-state index in [4.69, 9.17) is 0 Å². The quantitative estimate of drug-likeness (QED) is 0.718. The molecule has 0 aliphatic carbocycles. The number of pyridine rings is 1. The molecule has 3 aromatic heterocycles. The average molecular weight is 256 g/mol. The van der Waals surface area contributed by atoms with E-state index in [1.54, 1.807) is 25.6 Å². The molecular weight excluding hydrogens is 244 g/mol. The van der Waals surface area contributed by atoms with Gasteiger partial charge in [0.25, 0.3) is 5.56 Å². The van der Waals surface area contributed by atoms with Gasteiger partial charge in [-0.05, 0) is 17.7 Å². The van der Waals surface area contributed by atoms with E-state index in [0.29, 0.717) is 23.5 Å². The zero-order valence-corrected chi connectivity index (χ0v) is 10.3. The highest BCUT2D eigenvalue weighted by Crippen LogP contribution is 2.07. The molecule has 7 nitrogen and oxygen atoms in total. The first kappa shape index (κ1) is 11.4. The topological polar surface area (TPSA) is 88.5 Å². The van der Waals surface area contributed by atoms with E-state index in [0.717, 1.165) is 5.56 Å². The molecule has 0 bridgehead atoms. The van der Waals surface area contributed by atoms with Crippen LogP contribution in [-0.2, 0) is 13.6 Å². The van der Waals surface area contributed by atoms with Gasteiger partial charge < -0.3 is 5.32 Å². The fourth-order valence-electron chi connectivity index (χ4n) is 1.86. The number of anilines is 1. The molecule has 0 amide bonds. The number of aryl methyl sites for hydroxylation is 1. The van der Waals surface area contributed by atoms with Gasteiger partial charge in [0, 0.05) is 26.0 Å². The third kappa shape index (κ3) is 2.17. The summed E-state index contributed by atoms with van der Waals surface area (Å²) in [5.41, 5.74) is 1.89. The number of hydrogen-bond acceptors (Lipinski definition) is 5. The summed E-state index contributed by atoms with van der Waals surface area (Å²) in [6.45, 7) is 0.567. The number of fused-ring (bicyclic) bond motifs is 1. The van der Waals surface area contributed by atoms with Gasteiger partial charge in [-0.15, -0.1) is 0 Å². The van der Waals surface area contributed by atoms with Gasteiger partial charge in [-0.3, -0.25) is 19.4 Å². The molecule has 0 spiro atoms. The molecule has 0 aliphatic heterocycles. The summed E-state index contributed by atoms with van der Waals surface area (Å²) >= 11 is 0. The minimum Gasteiger partial charge on any atom is -0.352 e. The smallest absolute Gasteiger partial charge is 0.278 e. The Hall–Kier alpha value is -2.70. The van der Waals surface area contributed by atoms with E-state index in [9.17, 15) is 4.79 Å². The monoisotopic (exact) mass is 256 g/mol. The Morgan fingerprint density at radius 1 is 1.37 bits per heavy atom. The second kappa shape index (κ2) is 4.52. The van der Waals surface area contributed by atoms with Crippen molar-refractivity contribution in [1.29, 1.82) is 0 Å². The number of nitrogens with one attached hydrogen (secondary N) is 2. The number of nitrogens with zero attached hydrogens (tertiary/aromatic N) is 4. The molecule has 0 radical (unpaired) electrons. The fourth-order valence-corrected chi connectivity index (χ4v) is 1.86. The van der Waals surface area contributed by atoms with Crippen LogP contribution in [0.4, 0.5) is 5.95 Å². The maximum absolute atomic E-state index is 11.9. The molecule has 0 saturated carbocycles. The minimum atomic E-state index is -0.206. The Balaban J connectivity index is 1.88. The van der Waals surface area contributed by atoms with Crippen molar-refractivity contribution in [2.45, 2.75) is 6.54 Å². The second-order valence-electron chi connectivity index (χ2n) is 4.13. The van der Waals surface area contributed by atoms with Crippen LogP contribution in [0.2, 0.25) is 0 Å². The van der Waals surface area contributed by atoms with Crippen LogP contribution >= 0.6 is 0 Å². The Labute approximate surface area is 108 Å². The largest absolute Gasteiger partial charge is 0.352 e. The lowest BCUT2D eigenvalue weighted by Gasteiger charge is -2.05. The summed E-state index contributed by atoms with van der Waals surface area (Å²) < 4.78 is 1.51. The van der Waals surface area contributed by atoms with Crippen molar-refractivity contribution in [3.05, 3.63) is 46.6 Å². The normalized spacial score (nSPS) is 10.8. The molecule has 7 heteroatoms. The summed E-state index contributed by atoms with van der Waals surface area (Å²) in [4.78, 5) is 22.8. The number of hydrogen-bond donors (Lipinski definition) is 2. The molecule has 0 aromatic carbocycles. The molecule has 3 rings (SSSR count). The van der Waals surface area contributed by atoms with Crippen LogP contribution in [0.5, 0.6) is 0 Å². The lowest BCUT2D eigenvalue weighted by Crippen LogP contribution is -2.15. The van der Waals surface area contributed by atoms with Crippen LogP contribution in [0.1, 0.15) is 5.56 Å². The SMILES string of the molecule is Cn1ncc2nc(NCc3ccncc3)[nH]c(=O)c21. The van der Waals surface area contributed by atoms with Gasteiger partial charge in [0.2, 0.25) is 5.95 Å². The van der Waals surface area contributed by atoms with Crippen molar-refractivity contribution in [1.82, 2.24) is 24.7 Å². The minimum absolute atomic E-state index is 0.206. The maximum atomic E-state index is 11.9. The van der Waals surface area contributed by atoms with Crippen molar-refractivity contribution >= 4 is 17.0 Å². The average Bonchev–Trinajstić information content (AvgIpc) is 2.80. The van der Waals surface area contributed by atoms with E-state index in [-0.39, 0.29) is 5.56 Å². The molecule has 0 unspecified atom stereocenters. The second-order valence-corrected chi connectivity index (χ2v) is 4.13. The number of H-pyrrole nitrogens is 1. The third-order valence-electron chi connectivity index (χ3n) is 2.81. The van der Waals surface area contributed by atoms with Crippen LogP contribution < -0.4 is 10.9 Å². The van der Waals surface area contributed by atoms with Crippen molar-refractivity contribution < 1.29 is 0 Å². The number of aromatic amines is 1. The van der Waals surface area contributed by atoms with Gasteiger partial charge in [0.1, 0.15) is 5.52 Å². The van der Waals surface area contributed by atoms with Gasteiger partial charge in [0.15, 0.2) is 5.52 Å².